The summed E-state index contributed by atoms with van der Waals surface area (Å²) >= 11 is 1.48. The van der Waals surface area contributed by atoms with E-state index >= 15 is 0 Å². The number of thiazole rings is 1. The van der Waals surface area contributed by atoms with Gasteiger partial charge in [0, 0.05) is 31.3 Å². The Hall–Kier alpha value is -3.17. The van der Waals surface area contributed by atoms with Crippen molar-refractivity contribution in [3.05, 3.63) is 58.1 Å². The number of hydrogen-bond donors (Lipinski definition) is 2. The maximum absolute atomic E-state index is 11.9. The van der Waals surface area contributed by atoms with Crippen LogP contribution in [0.2, 0.25) is 0 Å². The van der Waals surface area contributed by atoms with Crippen molar-refractivity contribution in [3.63, 3.8) is 0 Å². The number of hydrogen-bond acceptors (Lipinski definition) is 7. The average Bonchev–Trinajstić information content (AvgIpc) is 3.33. The van der Waals surface area contributed by atoms with Gasteiger partial charge in [-0.2, -0.15) is 0 Å². The lowest BCUT2D eigenvalue weighted by molar-refractivity contribution is 0.0600. The number of amides is 1. The van der Waals surface area contributed by atoms with E-state index in [1.807, 2.05) is 29.0 Å². The minimum Gasteiger partial charge on any atom is -0.465 e. The first-order chi connectivity index (χ1) is 14.4. The van der Waals surface area contributed by atoms with Gasteiger partial charge in [0.15, 0.2) is 5.13 Å². The number of ether oxygens (including phenoxy) is 2. The molecule has 0 aliphatic carbocycles. The number of carbonyl (C=O) groups excluding carboxylic acids is 2. The smallest absolute Gasteiger partial charge is 0.337 e. The molecule has 2 aromatic heterocycles. The Morgan fingerprint density at radius 3 is 2.60 bits per heavy atom. The molecule has 0 radical (unpaired) electrons. The lowest BCUT2D eigenvalue weighted by Gasteiger charge is -2.11. The summed E-state index contributed by atoms with van der Waals surface area (Å²) in [7, 11) is 3.00. The highest BCUT2D eigenvalue weighted by molar-refractivity contribution is 7.14. The van der Waals surface area contributed by atoms with E-state index in [1.54, 1.807) is 25.3 Å². The largest absolute Gasteiger partial charge is 0.465 e. The van der Waals surface area contributed by atoms with Gasteiger partial charge in [0.05, 0.1) is 36.2 Å². The minimum absolute atomic E-state index is 0.383. The molecule has 1 aromatic carbocycles. The van der Waals surface area contributed by atoms with E-state index in [4.69, 9.17) is 15.2 Å². The fourth-order valence-electron chi connectivity index (χ4n) is 3.09. The Balaban J connectivity index is 1.92. The fraction of sp³-hybridized carbons (Fsp3) is 0.286. The molecular formula is C21H24N4O4S. The second-order valence-electron chi connectivity index (χ2n) is 6.63. The summed E-state index contributed by atoms with van der Waals surface area (Å²) in [6.45, 7) is 3.59. The van der Waals surface area contributed by atoms with E-state index in [-0.39, 0.29) is 5.97 Å². The maximum atomic E-state index is 11.9. The molecule has 3 aromatic rings. The minimum atomic E-state index is -0.484. The van der Waals surface area contributed by atoms with Crippen LogP contribution in [0.15, 0.2) is 35.7 Å². The van der Waals surface area contributed by atoms with E-state index in [1.165, 1.54) is 18.4 Å². The molecule has 9 heteroatoms. The molecule has 0 unspecified atom stereocenters. The van der Waals surface area contributed by atoms with Crippen LogP contribution in [0.1, 0.15) is 32.0 Å². The molecular weight excluding hydrogens is 404 g/mol. The summed E-state index contributed by atoms with van der Waals surface area (Å²) < 4.78 is 11.8. The number of rotatable bonds is 9. The van der Waals surface area contributed by atoms with Crippen LogP contribution in [0.4, 0.5) is 5.13 Å². The molecule has 0 aliphatic rings. The molecule has 3 N–H and O–H groups in total. The Labute approximate surface area is 178 Å². The van der Waals surface area contributed by atoms with Crippen LogP contribution in [0.25, 0.3) is 11.4 Å². The number of nitrogens with two attached hydrogens (primary N) is 1. The Morgan fingerprint density at radius 2 is 1.97 bits per heavy atom. The Kier molecular flexibility index (Phi) is 6.86. The molecule has 0 saturated carbocycles. The highest BCUT2D eigenvalue weighted by atomic mass is 32.1. The topological polar surface area (TPSA) is 108 Å². The van der Waals surface area contributed by atoms with Gasteiger partial charge in [0.25, 0.3) is 5.91 Å². The zero-order valence-electron chi connectivity index (χ0n) is 17.1. The highest BCUT2D eigenvalue weighted by Gasteiger charge is 2.19. The standard InChI is InChI=1S/C21H24N4O4S/c1-13-16(19(22)26)10-18(17-12-30-21(24-17)23-8-9-28-2)25(13)11-14-4-6-15(7-5-14)20(27)29-3/h4-7,10,12H,8-9,11H2,1-3H3,(H2,22,26)(H,23,24). The van der Waals surface area contributed by atoms with Gasteiger partial charge >= 0.3 is 5.97 Å². The van der Waals surface area contributed by atoms with E-state index in [9.17, 15) is 9.59 Å². The quantitative estimate of drug-likeness (QED) is 0.401. The predicted molar refractivity (Wildman–Crippen MR) is 116 cm³/mol. The van der Waals surface area contributed by atoms with E-state index < -0.39 is 5.91 Å². The van der Waals surface area contributed by atoms with Crippen LogP contribution < -0.4 is 11.1 Å². The zero-order chi connectivity index (χ0) is 21.7. The van der Waals surface area contributed by atoms with E-state index in [0.29, 0.717) is 30.8 Å². The number of carbonyl (C=O) groups is 2. The summed E-state index contributed by atoms with van der Waals surface area (Å²) in [5.74, 6) is -0.867. The number of nitrogens with zero attached hydrogens (tertiary/aromatic N) is 2. The van der Waals surface area contributed by atoms with Crippen LogP contribution in [0, 0.1) is 6.92 Å². The number of anilines is 1. The van der Waals surface area contributed by atoms with Crippen molar-refractivity contribution < 1.29 is 19.1 Å². The molecule has 3 rings (SSSR count). The molecule has 0 aliphatic heterocycles. The van der Waals surface area contributed by atoms with Gasteiger partial charge in [0.1, 0.15) is 0 Å². The average molecular weight is 429 g/mol. The van der Waals surface area contributed by atoms with Crippen molar-refractivity contribution in [2.75, 3.05) is 32.7 Å². The van der Waals surface area contributed by atoms with Crippen molar-refractivity contribution in [1.29, 1.82) is 0 Å². The van der Waals surface area contributed by atoms with Gasteiger partial charge in [0.2, 0.25) is 0 Å². The summed E-state index contributed by atoms with van der Waals surface area (Å²) in [5, 5.41) is 5.92. The molecule has 0 atom stereocenters. The number of methoxy groups -OCH3 is 2. The second-order valence-corrected chi connectivity index (χ2v) is 7.48. The number of primary amides is 1. The maximum Gasteiger partial charge on any atom is 0.337 e. The lowest BCUT2D eigenvalue weighted by Crippen LogP contribution is -2.13. The van der Waals surface area contributed by atoms with E-state index in [2.05, 4.69) is 10.3 Å². The van der Waals surface area contributed by atoms with Crippen molar-refractivity contribution in [2.45, 2.75) is 13.5 Å². The van der Waals surface area contributed by atoms with Crippen LogP contribution in [0.5, 0.6) is 0 Å². The Morgan fingerprint density at radius 1 is 1.23 bits per heavy atom. The van der Waals surface area contributed by atoms with Crippen LogP contribution in [-0.4, -0.2) is 48.8 Å². The predicted octanol–water partition coefficient (Wildman–Crippen LogP) is 2.91. The molecule has 2 heterocycles. The van der Waals surface area contributed by atoms with Gasteiger partial charge in [-0.25, -0.2) is 9.78 Å². The molecule has 1 amide bonds. The first kappa shape index (κ1) is 21.5. The van der Waals surface area contributed by atoms with E-state index in [0.717, 1.165) is 27.8 Å². The summed E-state index contributed by atoms with van der Waals surface area (Å²) in [5.41, 5.74) is 9.79. The fourth-order valence-corrected chi connectivity index (χ4v) is 3.82. The number of aromatic nitrogens is 2. The van der Waals surface area contributed by atoms with Crippen LogP contribution >= 0.6 is 11.3 Å². The number of esters is 1. The summed E-state index contributed by atoms with van der Waals surface area (Å²) in [4.78, 5) is 28.2. The van der Waals surface area contributed by atoms with Gasteiger partial charge in [-0.3, -0.25) is 4.79 Å². The SMILES string of the molecule is COCCNc1nc(-c2cc(C(N)=O)c(C)n2Cc2ccc(C(=O)OC)cc2)cs1. The molecule has 0 spiro atoms. The third-order valence-electron chi connectivity index (χ3n) is 4.70. The molecule has 8 nitrogen and oxygen atoms in total. The van der Waals surface area contributed by atoms with Crippen LogP contribution in [0.3, 0.4) is 0 Å². The third kappa shape index (κ3) is 4.69. The molecule has 30 heavy (non-hydrogen) atoms. The summed E-state index contributed by atoms with van der Waals surface area (Å²) in [6, 6.07) is 8.93. The van der Waals surface area contributed by atoms with Gasteiger partial charge in [-0.1, -0.05) is 12.1 Å². The normalized spacial score (nSPS) is 10.8. The first-order valence-electron chi connectivity index (χ1n) is 9.30. The molecule has 158 valence electrons. The van der Waals surface area contributed by atoms with Crippen LogP contribution in [-0.2, 0) is 16.0 Å². The summed E-state index contributed by atoms with van der Waals surface area (Å²) in [6.07, 6.45) is 0. The number of nitrogens with one attached hydrogen (secondary N) is 1. The second kappa shape index (κ2) is 9.55. The monoisotopic (exact) mass is 428 g/mol. The van der Waals surface area contributed by atoms with Crippen molar-refractivity contribution in [1.82, 2.24) is 9.55 Å². The zero-order valence-corrected chi connectivity index (χ0v) is 17.9. The highest BCUT2D eigenvalue weighted by Crippen LogP contribution is 2.29. The van der Waals surface area contributed by atoms with Gasteiger partial charge < -0.3 is 25.1 Å². The molecule has 0 saturated heterocycles. The molecule has 0 fully saturated rings. The number of benzene rings is 1. The van der Waals surface area contributed by atoms with Crippen molar-refractivity contribution in [2.24, 2.45) is 5.73 Å². The van der Waals surface area contributed by atoms with Crippen molar-refractivity contribution in [3.8, 4) is 11.4 Å². The van der Waals surface area contributed by atoms with Crippen molar-refractivity contribution >= 4 is 28.3 Å². The molecule has 0 bridgehead atoms. The first-order valence-corrected chi connectivity index (χ1v) is 10.2. The van der Waals surface area contributed by atoms with Gasteiger partial charge in [-0.15, -0.1) is 11.3 Å². The van der Waals surface area contributed by atoms with Gasteiger partial charge in [-0.05, 0) is 30.7 Å². The lowest BCUT2D eigenvalue weighted by atomic mass is 10.1. The Bertz CT molecular complexity index is 1040. The third-order valence-corrected chi connectivity index (χ3v) is 5.50.